The van der Waals surface area contributed by atoms with Gasteiger partial charge in [-0.25, -0.2) is 0 Å². The topological polar surface area (TPSA) is 71.7 Å². The van der Waals surface area contributed by atoms with Crippen molar-refractivity contribution in [3.63, 3.8) is 0 Å². The number of nitrogens with one attached hydrogen (secondary N) is 1. The molecule has 5 heteroatoms. The normalized spacial score (nSPS) is 23.9. The fraction of sp³-hybridized carbons (Fsp3) is 0.615. The van der Waals surface area contributed by atoms with Gasteiger partial charge in [-0.1, -0.05) is 12.8 Å². The third kappa shape index (κ3) is 3.11. The number of carbonyl (C=O) groups excluding carboxylic acids is 1. The first-order chi connectivity index (χ1) is 8.70. The number of hydrogen-bond acceptors (Lipinski definition) is 4. The van der Waals surface area contributed by atoms with E-state index in [-0.39, 0.29) is 17.7 Å². The van der Waals surface area contributed by atoms with E-state index in [2.05, 4.69) is 5.32 Å². The molecule has 100 valence electrons. The number of furan rings is 1. The molecule has 0 bridgehead atoms. The number of carbonyl (C=O) groups is 1. The van der Waals surface area contributed by atoms with Gasteiger partial charge in [0, 0.05) is 7.11 Å². The zero-order valence-corrected chi connectivity index (χ0v) is 10.5. The van der Waals surface area contributed by atoms with Crippen LogP contribution in [0.25, 0.3) is 0 Å². The Morgan fingerprint density at radius 2 is 2.28 bits per heavy atom. The second-order valence-corrected chi connectivity index (χ2v) is 4.63. The van der Waals surface area contributed by atoms with Crippen LogP contribution < -0.4 is 5.32 Å². The highest BCUT2D eigenvalue weighted by atomic mass is 16.5. The molecule has 1 aromatic rings. The summed E-state index contributed by atoms with van der Waals surface area (Å²) in [7, 11) is 1.57. The largest absolute Gasteiger partial charge is 0.453 e. The summed E-state index contributed by atoms with van der Waals surface area (Å²) in [6.07, 6.45) is 3.17. The van der Waals surface area contributed by atoms with E-state index < -0.39 is 6.10 Å². The van der Waals surface area contributed by atoms with Gasteiger partial charge < -0.3 is 19.6 Å². The highest BCUT2D eigenvalue weighted by Crippen LogP contribution is 2.19. The maximum atomic E-state index is 11.9. The Morgan fingerprint density at radius 1 is 1.50 bits per heavy atom. The first-order valence-corrected chi connectivity index (χ1v) is 6.27. The summed E-state index contributed by atoms with van der Waals surface area (Å²) in [5.74, 6) is 0.606. The molecule has 2 rings (SSSR count). The number of methoxy groups -OCH3 is 1. The standard InChI is InChI=1S/C13H19NO4/c1-17-8-9-6-7-12(18-9)13(16)14-10-4-2-3-5-11(10)15/h6-7,10-11,15H,2-5,8H2,1H3,(H,14,16). The quantitative estimate of drug-likeness (QED) is 0.852. The van der Waals surface area contributed by atoms with E-state index in [9.17, 15) is 9.90 Å². The summed E-state index contributed by atoms with van der Waals surface area (Å²) in [6, 6.07) is 3.18. The summed E-state index contributed by atoms with van der Waals surface area (Å²) in [4.78, 5) is 11.9. The minimum atomic E-state index is -0.448. The minimum Gasteiger partial charge on any atom is -0.453 e. The van der Waals surface area contributed by atoms with E-state index in [1.807, 2.05) is 0 Å². The van der Waals surface area contributed by atoms with Crippen LogP contribution in [0.1, 0.15) is 42.0 Å². The Morgan fingerprint density at radius 3 is 3.00 bits per heavy atom. The Balaban J connectivity index is 1.93. The van der Waals surface area contributed by atoms with Crippen LogP contribution >= 0.6 is 0 Å². The van der Waals surface area contributed by atoms with Gasteiger partial charge in [-0.05, 0) is 25.0 Å². The molecule has 2 unspecified atom stereocenters. The minimum absolute atomic E-state index is 0.165. The van der Waals surface area contributed by atoms with Crippen molar-refractivity contribution >= 4 is 5.91 Å². The molecule has 0 saturated heterocycles. The number of hydrogen-bond donors (Lipinski definition) is 2. The van der Waals surface area contributed by atoms with Crippen LogP contribution in [-0.2, 0) is 11.3 Å². The molecule has 5 nitrogen and oxygen atoms in total. The highest BCUT2D eigenvalue weighted by molar-refractivity contribution is 5.91. The Kier molecular flexibility index (Phi) is 4.38. The molecule has 1 aliphatic carbocycles. The van der Waals surface area contributed by atoms with E-state index in [0.717, 1.165) is 25.7 Å². The average molecular weight is 253 g/mol. The lowest BCUT2D eigenvalue weighted by molar-refractivity contribution is 0.0693. The van der Waals surface area contributed by atoms with Gasteiger partial charge in [-0.3, -0.25) is 4.79 Å². The predicted molar refractivity (Wildman–Crippen MR) is 65.2 cm³/mol. The van der Waals surface area contributed by atoms with Crippen LogP contribution in [0.4, 0.5) is 0 Å². The third-order valence-corrected chi connectivity index (χ3v) is 3.22. The van der Waals surface area contributed by atoms with Crippen molar-refractivity contribution in [1.82, 2.24) is 5.32 Å². The van der Waals surface area contributed by atoms with Crippen LogP contribution in [0.2, 0.25) is 0 Å². The molecular formula is C13H19NO4. The van der Waals surface area contributed by atoms with Gasteiger partial charge in [0.15, 0.2) is 5.76 Å². The van der Waals surface area contributed by atoms with E-state index in [0.29, 0.717) is 12.4 Å². The Hall–Kier alpha value is -1.33. The Bertz CT molecular complexity index is 401. The first kappa shape index (κ1) is 13.1. The van der Waals surface area contributed by atoms with Crippen molar-refractivity contribution in [2.45, 2.75) is 44.4 Å². The molecule has 1 aliphatic rings. The second kappa shape index (κ2) is 6.02. The molecule has 1 saturated carbocycles. The van der Waals surface area contributed by atoms with Gasteiger partial charge in [0.1, 0.15) is 12.4 Å². The van der Waals surface area contributed by atoms with Crippen LogP contribution in [0.3, 0.4) is 0 Å². The van der Waals surface area contributed by atoms with Gasteiger partial charge in [-0.15, -0.1) is 0 Å². The number of aliphatic hydroxyl groups excluding tert-OH is 1. The fourth-order valence-corrected chi connectivity index (χ4v) is 2.24. The van der Waals surface area contributed by atoms with E-state index >= 15 is 0 Å². The molecule has 18 heavy (non-hydrogen) atoms. The van der Waals surface area contributed by atoms with Crippen molar-refractivity contribution < 1.29 is 19.1 Å². The lowest BCUT2D eigenvalue weighted by Crippen LogP contribution is -2.44. The molecule has 0 radical (unpaired) electrons. The van der Waals surface area contributed by atoms with Crippen LogP contribution in [0.5, 0.6) is 0 Å². The molecule has 1 heterocycles. The van der Waals surface area contributed by atoms with Crippen LogP contribution in [0, 0.1) is 0 Å². The van der Waals surface area contributed by atoms with Gasteiger partial charge in [-0.2, -0.15) is 0 Å². The lowest BCUT2D eigenvalue weighted by atomic mass is 9.92. The monoisotopic (exact) mass is 253 g/mol. The maximum absolute atomic E-state index is 11.9. The lowest BCUT2D eigenvalue weighted by Gasteiger charge is -2.27. The molecule has 1 amide bonds. The summed E-state index contributed by atoms with van der Waals surface area (Å²) in [6.45, 7) is 0.347. The molecule has 0 aliphatic heterocycles. The van der Waals surface area contributed by atoms with Gasteiger partial charge in [0.05, 0.1) is 12.1 Å². The zero-order valence-electron chi connectivity index (χ0n) is 10.5. The smallest absolute Gasteiger partial charge is 0.287 e. The number of amides is 1. The van der Waals surface area contributed by atoms with E-state index in [1.165, 1.54) is 0 Å². The molecular weight excluding hydrogens is 234 g/mol. The zero-order chi connectivity index (χ0) is 13.0. The molecule has 2 atom stereocenters. The fourth-order valence-electron chi connectivity index (χ4n) is 2.24. The molecule has 1 fully saturated rings. The van der Waals surface area contributed by atoms with Gasteiger partial charge in [0.25, 0.3) is 5.91 Å². The number of rotatable bonds is 4. The summed E-state index contributed by atoms with van der Waals surface area (Å²) in [5, 5.41) is 12.6. The maximum Gasteiger partial charge on any atom is 0.287 e. The van der Waals surface area contributed by atoms with Crippen molar-refractivity contribution in [1.29, 1.82) is 0 Å². The van der Waals surface area contributed by atoms with Crippen molar-refractivity contribution in [3.05, 3.63) is 23.7 Å². The van der Waals surface area contributed by atoms with Gasteiger partial charge >= 0.3 is 0 Å². The van der Waals surface area contributed by atoms with Crippen molar-refractivity contribution in [3.8, 4) is 0 Å². The summed E-state index contributed by atoms with van der Waals surface area (Å²) >= 11 is 0. The van der Waals surface area contributed by atoms with E-state index in [4.69, 9.17) is 9.15 Å². The average Bonchev–Trinajstić information content (AvgIpc) is 2.81. The number of aliphatic hydroxyl groups is 1. The predicted octanol–water partition coefficient (Wildman–Crippen LogP) is 1.46. The molecule has 2 N–H and O–H groups in total. The molecule has 0 aromatic carbocycles. The van der Waals surface area contributed by atoms with Crippen molar-refractivity contribution in [2.75, 3.05) is 7.11 Å². The molecule has 0 spiro atoms. The number of ether oxygens (including phenoxy) is 1. The third-order valence-electron chi connectivity index (χ3n) is 3.22. The second-order valence-electron chi connectivity index (χ2n) is 4.63. The molecule has 1 aromatic heterocycles. The summed E-state index contributed by atoms with van der Waals surface area (Å²) in [5.41, 5.74) is 0. The first-order valence-electron chi connectivity index (χ1n) is 6.27. The van der Waals surface area contributed by atoms with Crippen LogP contribution in [0.15, 0.2) is 16.5 Å². The van der Waals surface area contributed by atoms with Crippen molar-refractivity contribution in [2.24, 2.45) is 0 Å². The van der Waals surface area contributed by atoms with Crippen LogP contribution in [-0.4, -0.2) is 30.3 Å². The summed E-state index contributed by atoms with van der Waals surface area (Å²) < 4.78 is 10.3. The van der Waals surface area contributed by atoms with E-state index in [1.54, 1.807) is 19.2 Å². The SMILES string of the molecule is COCc1ccc(C(=O)NC2CCCCC2O)o1. The van der Waals surface area contributed by atoms with Gasteiger partial charge in [0.2, 0.25) is 0 Å². The Labute approximate surface area is 106 Å². The highest BCUT2D eigenvalue weighted by Gasteiger charge is 2.25.